The van der Waals surface area contributed by atoms with Gasteiger partial charge in [-0.05, 0) is 82.3 Å². The Hall–Kier alpha value is -3.82. The fourth-order valence-electron chi connectivity index (χ4n) is 6.05. The van der Waals surface area contributed by atoms with Crippen molar-refractivity contribution in [3.05, 3.63) is 77.9 Å². The van der Waals surface area contributed by atoms with E-state index in [1.807, 2.05) is 6.08 Å². The number of alkyl halides is 3. The minimum atomic E-state index is -4.33. The molecule has 1 atom stereocenters. The van der Waals surface area contributed by atoms with Gasteiger partial charge in [0.05, 0.1) is 41.0 Å². The number of aromatic nitrogens is 5. The molecule has 1 unspecified atom stereocenters. The summed E-state index contributed by atoms with van der Waals surface area (Å²) < 4.78 is 65.2. The first-order chi connectivity index (χ1) is 21.8. The van der Waals surface area contributed by atoms with Crippen LogP contribution in [0, 0.1) is 5.92 Å². The number of nitrogens with zero attached hydrogens (tertiary/aromatic N) is 6. The molecule has 0 bridgehead atoms. The summed E-state index contributed by atoms with van der Waals surface area (Å²) in [6.07, 6.45) is 9.04. The molecule has 0 spiro atoms. The maximum absolute atomic E-state index is 13.0. The van der Waals surface area contributed by atoms with E-state index in [1.54, 1.807) is 24.5 Å². The highest BCUT2D eigenvalue weighted by atomic mass is 32.2. The van der Waals surface area contributed by atoms with E-state index in [0.29, 0.717) is 47.0 Å². The van der Waals surface area contributed by atoms with E-state index in [1.165, 1.54) is 24.7 Å². The van der Waals surface area contributed by atoms with Gasteiger partial charge in [-0.15, -0.1) is 0 Å². The molecule has 0 radical (unpaired) electrons. The van der Waals surface area contributed by atoms with E-state index in [2.05, 4.69) is 49.7 Å². The highest BCUT2D eigenvalue weighted by Gasteiger charge is 2.38. The van der Waals surface area contributed by atoms with Crippen molar-refractivity contribution in [3.63, 3.8) is 0 Å². The molecule has 46 heavy (non-hydrogen) atoms. The van der Waals surface area contributed by atoms with Gasteiger partial charge in [-0.3, -0.25) is 4.98 Å². The van der Waals surface area contributed by atoms with Crippen molar-refractivity contribution in [1.82, 2.24) is 39.7 Å². The average Bonchev–Trinajstić information content (AvgIpc) is 3.75. The van der Waals surface area contributed by atoms with Gasteiger partial charge in [0.15, 0.2) is 11.5 Å². The Bertz CT molecular complexity index is 1730. The third-order valence-electron chi connectivity index (χ3n) is 8.56. The standard InChI is InChI=1S/C31H38F3N9O2S/c1-42(2)18-20-3-6-23(7-4-20)40-27-14-30(35,38-17-25(27)26-10-5-21(15-37-26)13-31(32,33)34)28-11-12-36-29(41-28)22-16-39-43(19-22)46(44,45)24-8-9-24/h5,10-12,14-17,19-20,23-24,38,40H,3-4,6-9,13,18,35H2,1-2H3. The Morgan fingerprint density at radius 3 is 2.50 bits per heavy atom. The Morgan fingerprint density at radius 1 is 1.09 bits per heavy atom. The average molecular weight is 658 g/mol. The molecular weight excluding hydrogens is 619 g/mol. The van der Waals surface area contributed by atoms with Crippen molar-refractivity contribution in [2.75, 3.05) is 20.6 Å². The van der Waals surface area contributed by atoms with Crippen LogP contribution in [0.15, 0.2) is 61.0 Å². The zero-order chi connectivity index (χ0) is 32.7. The number of allylic oxidation sites excluding steroid dienone is 1. The summed E-state index contributed by atoms with van der Waals surface area (Å²) in [6, 6.07) is 4.86. The largest absolute Gasteiger partial charge is 0.393 e. The molecule has 0 saturated heterocycles. The molecule has 6 rings (SSSR count). The topological polar surface area (TPSA) is 144 Å². The van der Waals surface area contributed by atoms with Gasteiger partial charge < -0.3 is 21.3 Å². The Kier molecular flexibility index (Phi) is 8.67. The smallest absolute Gasteiger partial charge is 0.382 e. The predicted molar refractivity (Wildman–Crippen MR) is 167 cm³/mol. The number of hydrogen-bond acceptors (Lipinski definition) is 10. The third-order valence-corrected chi connectivity index (χ3v) is 10.6. The molecule has 4 N–H and O–H groups in total. The summed E-state index contributed by atoms with van der Waals surface area (Å²) in [6.45, 7) is 1.03. The van der Waals surface area contributed by atoms with Crippen molar-refractivity contribution in [3.8, 4) is 11.4 Å². The summed E-state index contributed by atoms with van der Waals surface area (Å²) in [7, 11) is 0.611. The Balaban J connectivity index is 1.28. The van der Waals surface area contributed by atoms with E-state index in [4.69, 9.17) is 5.73 Å². The lowest BCUT2D eigenvalue weighted by atomic mass is 9.85. The van der Waals surface area contributed by atoms with Gasteiger partial charge >= 0.3 is 6.18 Å². The Morgan fingerprint density at radius 2 is 1.85 bits per heavy atom. The number of nitrogens with one attached hydrogen (secondary N) is 2. The van der Waals surface area contributed by atoms with Gasteiger partial charge in [0.1, 0.15) is 0 Å². The Labute approximate surface area is 266 Å². The van der Waals surface area contributed by atoms with Crippen molar-refractivity contribution in [2.24, 2.45) is 11.7 Å². The normalized spacial score (nSPS) is 23.9. The zero-order valence-corrected chi connectivity index (χ0v) is 26.5. The van der Waals surface area contributed by atoms with Crippen LogP contribution in [0.25, 0.3) is 17.0 Å². The molecule has 15 heteroatoms. The minimum absolute atomic E-state index is 0.0771. The van der Waals surface area contributed by atoms with Gasteiger partial charge in [-0.25, -0.2) is 18.4 Å². The monoisotopic (exact) mass is 657 g/mol. The summed E-state index contributed by atoms with van der Waals surface area (Å²) in [4.78, 5) is 15.6. The number of nitrogens with two attached hydrogens (primary N) is 1. The number of hydrogen-bond donors (Lipinski definition) is 3. The first-order valence-corrected chi connectivity index (χ1v) is 16.9. The number of dihydropyridines is 1. The van der Waals surface area contributed by atoms with Crippen LogP contribution in [0.1, 0.15) is 55.5 Å². The lowest BCUT2D eigenvalue weighted by Gasteiger charge is -2.36. The maximum atomic E-state index is 13.0. The highest BCUT2D eigenvalue weighted by Crippen LogP contribution is 2.33. The predicted octanol–water partition coefficient (Wildman–Crippen LogP) is 3.53. The molecule has 0 aromatic carbocycles. The SMILES string of the molecule is CN(C)CC1CCC(NC2=CC(N)(c3ccnc(-c4cnn(S(=O)(=O)C5CC5)c4)n3)NC=C2c2ccc(CC(F)(F)F)cn2)CC1. The fourth-order valence-corrected chi connectivity index (χ4v) is 7.52. The van der Waals surface area contributed by atoms with E-state index in [-0.39, 0.29) is 17.4 Å². The molecule has 2 aliphatic carbocycles. The summed E-state index contributed by atoms with van der Waals surface area (Å²) in [5.41, 5.74) is 8.41. The molecule has 2 saturated carbocycles. The van der Waals surface area contributed by atoms with Gasteiger partial charge in [0, 0.05) is 42.5 Å². The molecule has 2 fully saturated rings. The molecule has 4 heterocycles. The van der Waals surface area contributed by atoms with Crippen LogP contribution in [0.4, 0.5) is 13.2 Å². The van der Waals surface area contributed by atoms with Crippen molar-refractivity contribution in [2.45, 2.75) is 68.1 Å². The van der Waals surface area contributed by atoms with Crippen LogP contribution in [0.2, 0.25) is 0 Å². The molecule has 246 valence electrons. The summed E-state index contributed by atoms with van der Waals surface area (Å²) in [5, 5.41) is 10.5. The van der Waals surface area contributed by atoms with E-state index < -0.39 is 33.5 Å². The van der Waals surface area contributed by atoms with Crippen LogP contribution in [-0.4, -0.2) is 75.6 Å². The van der Waals surface area contributed by atoms with Crippen LogP contribution in [-0.2, 0) is 22.1 Å². The van der Waals surface area contributed by atoms with Gasteiger partial charge in [-0.1, -0.05) is 6.07 Å². The molecule has 3 aliphatic rings. The quantitative estimate of drug-likeness (QED) is 0.296. The van der Waals surface area contributed by atoms with E-state index >= 15 is 0 Å². The van der Waals surface area contributed by atoms with E-state index in [0.717, 1.165) is 36.3 Å². The molecule has 3 aromatic rings. The van der Waals surface area contributed by atoms with Gasteiger partial charge in [0.2, 0.25) is 0 Å². The summed E-state index contributed by atoms with van der Waals surface area (Å²) in [5.74, 6) is 0.879. The summed E-state index contributed by atoms with van der Waals surface area (Å²) >= 11 is 0. The van der Waals surface area contributed by atoms with Crippen LogP contribution in [0.5, 0.6) is 0 Å². The number of halogens is 3. The number of pyridine rings is 1. The van der Waals surface area contributed by atoms with Crippen molar-refractivity contribution >= 4 is 15.6 Å². The maximum Gasteiger partial charge on any atom is 0.393 e. The molecule has 1 aliphatic heterocycles. The minimum Gasteiger partial charge on any atom is -0.382 e. The van der Waals surface area contributed by atoms with Gasteiger partial charge in [-0.2, -0.15) is 22.4 Å². The van der Waals surface area contributed by atoms with Crippen molar-refractivity contribution in [1.29, 1.82) is 0 Å². The first-order valence-electron chi connectivity index (χ1n) is 15.4. The second-order valence-electron chi connectivity index (χ2n) is 12.7. The van der Waals surface area contributed by atoms with Crippen LogP contribution < -0.4 is 16.4 Å². The number of rotatable bonds is 10. The van der Waals surface area contributed by atoms with E-state index in [9.17, 15) is 21.6 Å². The van der Waals surface area contributed by atoms with Crippen molar-refractivity contribution < 1.29 is 21.6 Å². The van der Waals surface area contributed by atoms with Crippen LogP contribution >= 0.6 is 0 Å². The fraction of sp³-hybridized carbons (Fsp3) is 0.484. The second-order valence-corrected chi connectivity index (χ2v) is 14.8. The zero-order valence-electron chi connectivity index (χ0n) is 25.7. The van der Waals surface area contributed by atoms with Gasteiger partial charge in [0.25, 0.3) is 10.0 Å². The second kappa shape index (κ2) is 12.4. The lowest BCUT2D eigenvalue weighted by molar-refractivity contribution is -0.127. The highest BCUT2D eigenvalue weighted by molar-refractivity contribution is 7.90. The third kappa shape index (κ3) is 7.26. The lowest BCUT2D eigenvalue weighted by Crippen LogP contribution is -2.50. The molecular formula is C31H38F3N9O2S. The molecule has 3 aromatic heterocycles. The molecule has 0 amide bonds. The molecule has 11 nitrogen and oxygen atoms in total. The van der Waals surface area contributed by atoms with Crippen LogP contribution in [0.3, 0.4) is 0 Å². The first kappa shape index (κ1) is 32.1.